The van der Waals surface area contributed by atoms with Gasteiger partial charge >= 0.3 is 0 Å². The Hall–Kier alpha value is -0.520. The van der Waals surface area contributed by atoms with E-state index in [0.717, 1.165) is 17.8 Å². The molecule has 2 aliphatic rings. The lowest BCUT2D eigenvalue weighted by molar-refractivity contribution is 0.378. The fourth-order valence-corrected chi connectivity index (χ4v) is 2.58. The van der Waals surface area contributed by atoms with E-state index in [2.05, 4.69) is 32.1 Å². The van der Waals surface area contributed by atoms with Crippen LogP contribution in [0.4, 0.5) is 0 Å². The van der Waals surface area contributed by atoms with Crippen LogP contribution in [0.1, 0.15) is 26.7 Å². The molecule has 0 aromatic carbocycles. The molecule has 3 atom stereocenters. The zero-order valence-electron chi connectivity index (χ0n) is 7.38. The summed E-state index contributed by atoms with van der Waals surface area (Å²) in [6, 6.07) is 0. The van der Waals surface area contributed by atoms with Crippen molar-refractivity contribution in [3.8, 4) is 0 Å². The van der Waals surface area contributed by atoms with E-state index in [0.29, 0.717) is 0 Å². The molecule has 0 spiro atoms. The van der Waals surface area contributed by atoms with Gasteiger partial charge < -0.3 is 0 Å². The van der Waals surface area contributed by atoms with E-state index in [1.807, 2.05) is 0 Å². The molecule has 1 fully saturated rings. The van der Waals surface area contributed by atoms with Crippen molar-refractivity contribution in [2.24, 2.45) is 17.8 Å². The van der Waals surface area contributed by atoms with Gasteiger partial charge in [-0.25, -0.2) is 0 Å². The predicted molar refractivity (Wildman–Crippen MR) is 48.3 cm³/mol. The Morgan fingerprint density at radius 3 is 2.91 bits per heavy atom. The molecular weight excluding hydrogens is 132 g/mol. The fourth-order valence-electron chi connectivity index (χ4n) is 2.58. The van der Waals surface area contributed by atoms with Crippen molar-refractivity contribution < 1.29 is 0 Å². The summed E-state index contributed by atoms with van der Waals surface area (Å²) in [6.07, 6.45) is 9.76. The van der Waals surface area contributed by atoms with Crippen LogP contribution in [0.25, 0.3) is 0 Å². The van der Waals surface area contributed by atoms with E-state index < -0.39 is 0 Å². The molecule has 0 aliphatic heterocycles. The molecule has 0 aromatic heterocycles. The number of fused-ring (bicyclic) bond motifs is 2. The van der Waals surface area contributed by atoms with Gasteiger partial charge in [0.25, 0.3) is 0 Å². The second-order valence-corrected chi connectivity index (χ2v) is 3.89. The minimum Gasteiger partial charge on any atom is -0.0911 e. The van der Waals surface area contributed by atoms with Crippen LogP contribution in [0.5, 0.6) is 0 Å². The third-order valence-electron chi connectivity index (χ3n) is 3.32. The molecule has 0 heteroatoms. The molecule has 0 N–H and O–H groups in total. The van der Waals surface area contributed by atoms with Gasteiger partial charge in [-0.2, -0.15) is 0 Å². The summed E-state index contributed by atoms with van der Waals surface area (Å²) in [6.45, 7) is 4.52. The molecule has 0 aromatic rings. The molecule has 60 valence electrons. The number of hydrogen-bond acceptors (Lipinski definition) is 0. The van der Waals surface area contributed by atoms with Crippen LogP contribution < -0.4 is 0 Å². The first kappa shape index (κ1) is 7.15. The molecule has 2 aliphatic carbocycles. The smallest absolute Gasteiger partial charge is 0.000524 e. The molecule has 3 unspecified atom stereocenters. The molecule has 0 nitrogen and oxygen atoms in total. The van der Waals surface area contributed by atoms with Crippen LogP contribution in [0.15, 0.2) is 23.8 Å². The lowest BCUT2D eigenvalue weighted by atomic mass is 9.85. The van der Waals surface area contributed by atoms with Crippen molar-refractivity contribution in [2.45, 2.75) is 26.7 Å². The monoisotopic (exact) mass is 148 g/mol. The first-order valence-corrected chi connectivity index (χ1v) is 4.64. The molecule has 2 rings (SSSR count). The van der Waals surface area contributed by atoms with Gasteiger partial charge in [0.1, 0.15) is 0 Å². The average Bonchev–Trinajstić information content (AvgIpc) is 2.54. The van der Waals surface area contributed by atoms with E-state index in [9.17, 15) is 0 Å². The van der Waals surface area contributed by atoms with Crippen LogP contribution in [0.2, 0.25) is 0 Å². The summed E-state index contributed by atoms with van der Waals surface area (Å²) < 4.78 is 0. The molecular formula is C11H16. The molecule has 0 saturated heterocycles. The Morgan fingerprint density at radius 1 is 1.55 bits per heavy atom. The van der Waals surface area contributed by atoms with Crippen LogP contribution >= 0.6 is 0 Å². The SMILES string of the molecule is C/C=C\C1C2=CCC(C2)C1C. The summed E-state index contributed by atoms with van der Waals surface area (Å²) in [7, 11) is 0. The third-order valence-corrected chi connectivity index (χ3v) is 3.32. The van der Waals surface area contributed by atoms with Crippen molar-refractivity contribution in [1.82, 2.24) is 0 Å². The van der Waals surface area contributed by atoms with E-state index in [4.69, 9.17) is 0 Å². The fraction of sp³-hybridized carbons (Fsp3) is 0.636. The van der Waals surface area contributed by atoms with Gasteiger partial charge in [0.05, 0.1) is 0 Å². The summed E-state index contributed by atoms with van der Waals surface area (Å²) in [5.74, 6) is 2.68. The first-order chi connectivity index (χ1) is 5.33. The Morgan fingerprint density at radius 2 is 2.36 bits per heavy atom. The zero-order chi connectivity index (χ0) is 7.84. The van der Waals surface area contributed by atoms with E-state index in [1.54, 1.807) is 5.57 Å². The first-order valence-electron chi connectivity index (χ1n) is 4.64. The summed E-state index contributed by atoms with van der Waals surface area (Å²) >= 11 is 0. The van der Waals surface area contributed by atoms with Crippen LogP contribution in [0, 0.1) is 17.8 Å². The average molecular weight is 148 g/mol. The van der Waals surface area contributed by atoms with Crippen molar-refractivity contribution >= 4 is 0 Å². The highest BCUT2D eigenvalue weighted by atomic mass is 14.4. The van der Waals surface area contributed by atoms with E-state index >= 15 is 0 Å². The van der Waals surface area contributed by atoms with Gasteiger partial charge in [0.15, 0.2) is 0 Å². The second kappa shape index (κ2) is 2.51. The minimum absolute atomic E-state index is 0.791. The maximum Gasteiger partial charge on any atom is 0.000524 e. The lowest BCUT2D eigenvalue weighted by Crippen LogP contribution is -2.11. The molecule has 11 heavy (non-hydrogen) atoms. The predicted octanol–water partition coefficient (Wildman–Crippen LogP) is 3.16. The minimum atomic E-state index is 0.791. The highest BCUT2D eigenvalue weighted by molar-refractivity contribution is 5.26. The van der Waals surface area contributed by atoms with Crippen LogP contribution in [0.3, 0.4) is 0 Å². The van der Waals surface area contributed by atoms with Gasteiger partial charge in [-0.15, -0.1) is 0 Å². The van der Waals surface area contributed by atoms with E-state index in [1.165, 1.54) is 12.8 Å². The largest absolute Gasteiger partial charge is 0.0911 e. The van der Waals surface area contributed by atoms with Gasteiger partial charge in [-0.1, -0.05) is 30.7 Å². The van der Waals surface area contributed by atoms with Gasteiger partial charge in [0, 0.05) is 5.92 Å². The lowest BCUT2D eigenvalue weighted by Gasteiger charge is -2.20. The molecule has 2 bridgehead atoms. The number of rotatable bonds is 1. The van der Waals surface area contributed by atoms with Gasteiger partial charge in [-0.3, -0.25) is 0 Å². The zero-order valence-corrected chi connectivity index (χ0v) is 7.38. The number of hydrogen-bond donors (Lipinski definition) is 0. The van der Waals surface area contributed by atoms with Crippen LogP contribution in [-0.2, 0) is 0 Å². The number of allylic oxidation sites excluding steroid dienone is 4. The molecule has 0 radical (unpaired) electrons. The maximum absolute atomic E-state index is 2.45. The van der Waals surface area contributed by atoms with E-state index in [-0.39, 0.29) is 0 Å². The topological polar surface area (TPSA) is 0 Å². The van der Waals surface area contributed by atoms with Gasteiger partial charge in [0.2, 0.25) is 0 Å². The van der Waals surface area contributed by atoms with Crippen molar-refractivity contribution in [3.63, 3.8) is 0 Å². The summed E-state index contributed by atoms with van der Waals surface area (Å²) in [5.41, 5.74) is 1.71. The van der Waals surface area contributed by atoms with Crippen molar-refractivity contribution in [3.05, 3.63) is 23.8 Å². The summed E-state index contributed by atoms with van der Waals surface area (Å²) in [4.78, 5) is 0. The second-order valence-electron chi connectivity index (χ2n) is 3.89. The van der Waals surface area contributed by atoms with Crippen LogP contribution in [-0.4, -0.2) is 0 Å². The Balaban J connectivity index is 2.21. The van der Waals surface area contributed by atoms with Crippen molar-refractivity contribution in [2.75, 3.05) is 0 Å². The van der Waals surface area contributed by atoms with Crippen molar-refractivity contribution in [1.29, 1.82) is 0 Å². The highest BCUT2D eigenvalue weighted by Gasteiger charge is 2.37. The normalized spacial score (nSPS) is 42.0. The standard InChI is InChI=1S/C11H16/c1-3-4-11-8(2)9-5-6-10(11)7-9/h3-4,6,8-9,11H,5,7H2,1-2H3/b4-3-. The Bertz CT molecular complexity index is 210. The quantitative estimate of drug-likeness (QED) is 0.501. The molecule has 0 heterocycles. The molecule has 1 saturated carbocycles. The Kier molecular flexibility index (Phi) is 1.63. The third kappa shape index (κ3) is 0.962. The molecule has 0 amide bonds. The Labute approximate surface area is 69.0 Å². The maximum atomic E-state index is 2.45. The van der Waals surface area contributed by atoms with Gasteiger partial charge in [-0.05, 0) is 31.6 Å². The highest BCUT2D eigenvalue weighted by Crippen LogP contribution is 2.48. The summed E-state index contributed by atoms with van der Waals surface area (Å²) in [5, 5.41) is 0.